The van der Waals surface area contributed by atoms with E-state index in [0.717, 1.165) is 27.0 Å². The number of rotatable bonds is 1. The quantitative estimate of drug-likeness (QED) is 0.606. The van der Waals surface area contributed by atoms with E-state index >= 15 is 0 Å². The molecule has 0 amide bonds. The first-order valence-electron chi connectivity index (χ1n) is 3.93. The van der Waals surface area contributed by atoms with Crippen LogP contribution in [0, 0.1) is 0 Å². The van der Waals surface area contributed by atoms with E-state index in [0.29, 0.717) is 0 Å². The Hall–Kier alpha value is -1.07. The molecule has 66 valence electrons. The fourth-order valence-electron chi connectivity index (χ4n) is 1.31. The summed E-state index contributed by atoms with van der Waals surface area (Å²) >= 11 is 1.16. The molecule has 2 aromatic rings. The van der Waals surface area contributed by atoms with Gasteiger partial charge in [-0.3, -0.25) is 9.36 Å². The number of aliphatic hydroxyl groups excluding tert-OH is 1. The molecule has 0 bridgehead atoms. The molecule has 0 spiro atoms. The molecule has 1 aromatic carbocycles. The van der Waals surface area contributed by atoms with Gasteiger partial charge in [-0.25, -0.2) is 0 Å². The summed E-state index contributed by atoms with van der Waals surface area (Å²) in [6, 6.07) is 5.74. The van der Waals surface area contributed by atoms with Crippen LogP contribution in [0.15, 0.2) is 23.0 Å². The van der Waals surface area contributed by atoms with Crippen molar-refractivity contribution in [2.24, 2.45) is 0 Å². The lowest BCUT2D eigenvalue weighted by molar-refractivity contribution is 0.213. The monoisotopic (exact) mass is 193 g/mol. The summed E-state index contributed by atoms with van der Waals surface area (Å²) in [5, 5.41) is 8.94. The zero-order valence-electron chi connectivity index (χ0n) is 7.15. The average molecular weight is 193 g/mol. The lowest BCUT2D eigenvalue weighted by Gasteiger charge is -1.97. The van der Waals surface area contributed by atoms with E-state index in [4.69, 9.17) is 5.11 Å². The molecule has 13 heavy (non-hydrogen) atoms. The molecule has 0 atom stereocenters. The third kappa shape index (κ3) is 1.30. The number of nitrogens with zero attached hydrogens (tertiary/aromatic N) is 1. The molecule has 0 fully saturated rings. The van der Waals surface area contributed by atoms with Gasteiger partial charge in [0.15, 0.2) is 0 Å². The van der Waals surface area contributed by atoms with E-state index in [1.165, 1.54) is 4.57 Å². The van der Waals surface area contributed by atoms with Crippen LogP contribution in [-0.2, 0) is 6.73 Å². The first-order chi connectivity index (χ1) is 6.22. The number of benzene rings is 1. The minimum Gasteiger partial charge on any atom is -0.376 e. The van der Waals surface area contributed by atoms with E-state index in [9.17, 15) is 4.79 Å². The highest BCUT2D eigenvalue weighted by atomic mass is 32.1. The summed E-state index contributed by atoms with van der Waals surface area (Å²) in [7, 11) is 1.98. The van der Waals surface area contributed by atoms with Gasteiger partial charge in [0.1, 0.15) is 14.6 Å². The van der Waals surface area contributed by atoms with E-state index in [1.54, 1.807) is 0 Å². The number of hydrogen-bond acceptors (Lipinski definition) is 3. The van der Waals surface area contributed by atoms with Crippen molar-refractivity contribution < 1.29 is 5.11 Å². The van der Waals surface area contributed by atoms with Crippen LogP contribution in [0.3, 0.4) is 0 Å². The summed E-state index contributed by atoms with van der Waals surface area (Å²) in [5.41, 5.74) is 1.93. The Balaban J connectivity index is 2.87. The van der Waals surface area contributed by atoms with Crippen LogP contribution >= 0.6 is 11.3 Å². The summed E-state index contributed by atoms with van der Waals surface area (Å²) in [4.78, 5) is 11.2. The van der Waals surface area contributed by atoms with Crippen LogP contribution in [0.2, 0.25) is 0 Å². The van der Waals surface area contributed by atoms with Gasteiger partial charge in [0.25, 0.3) is 0 Å². The van der Waals surface area contributed by atoms with Crippen LogP contribution in [0.4, 0.5) is 0 Å². The molecule has 0 saturated carbocycles. The van der Waals surface area contributed by atoms with Gasteiger partial charge >= 0.3 is 4.87 Å². The minimum absolute atomic E-state index is 0.108. The fraction of sp³-hybridized carbons (Fsp3) is 0.125. The smallest absolute Gasteiger partial charge is 0.310 e. The van der Waals surface area contributed by atoms with Gasteiger partial charge in [0.2, 0.25) is 0 Å². The van der Waals surface area contributed by atoms with Gasteiger partial charge in [-0.05, 0) is 12.1 Å². The van der Waals surface area contributed by atoms with Crippen molar-refractivity contribution in [2.75, 3.05) is 0 Å². The SMILES string of the molecule is Bc1ccc2c(c1)sc(=O)n2CO. The Morgan fingerprint density at radius 1 is 1.54 bits per heavy atom. The van der Waals surface area contributed by atoms with E-state index in [2.05, 4.69) is 0 Å². The molecule has 1 heterocycles. The van der Waals surface area contributed by atoms with Crippen LogP contribution < -0.4 is 10.3 Å². The lowest BCUT2D eigenvalue weighted by atomic mass is 9.97. The van der Waals surface area contributed by atoms with Gasteiger partial charge in [0, 0.05) is 0 Å². The number of thiazole rings is 1. The maximum Gasteiger partial charge on any atom is 0.310 e. The molecule has 0 aliphatic heterocycles. The molecule has 0 radical (unpaired) electrons. The number of aliphatic hydroxyl groups is 1. The van der Waals surface area contributed by atoms with Crippen molar-refractivity contribution in [1.82, 2.24) is 4.57 Å². The van der Waals surface area contributed by atoms with Crippen molar-refractivity contribution in [3.05, 3.63) is 27.9 Å². The van der Waals surface area contributed by atoms with Gasteiger partial charge in [0.05, 0.1) is 10.2 Å². The number of fused-ring (bicyclic) bond motifs is 1. The lowest BCUT2D eigenvalue weighted by Crippen LogP contribution is -2.12. The second-order valence-electron chi connectivity index (χ2n) is 2.91. The Kier molecular flexibility index (Phi) is 1.98. The summed E-state index contributed by atoms with van der Waals surface area (Å²) in [6.45, 7) is -0.248. The highest BCUT2D eigenvalue weighted by molar-refractivity contribution is 7.16. The molecule has 3 nitrogen and oxygen atoms in total. The van der Waals surface area contributed by atoms with Crippen LogP contribution in [-0.4, -0.2) is 17.5 Å². The summed E-state index contributed by atoms with van der Waals surface area (Å²) < 4.78 is 2.29. The minimum atomic E-state index is -0.248. The first kappa shape index (κ1) is 8.53. The van der Waals surface area contributed by atoms with Crippen LogP contribution in [0.5, 0.6) is 0 Å². The largest absolute Gasteiger partial charge is 0.376 e. The van der Waals surface area contributed by atoms with Gasteiger partial charge in [-0.15, -0.1) is 0 Å². The summed E-state index contributed by atoms with van der Waals surface area (Å²) in [6.07, 6.45) is 0. The maximum absolute atomic E-state index is 11.3. The normalized spacial score (nSPS) is 10.8. The molecule has 0 aliphatic rings. The molecule has 1 N–H and O–H groups in total. The van der Waals surface area contributed by atoms with Gasteiger partial charge < -0.3 is 5.11 Å². The second-order valence-corrected chi connectivity index (χ2v) is 3.90. The predicted octanol–water partition coefficient (Wildman–Crippen LogP) is -0.729. The molecule has 0 saturated heterocycles. The average Bonchev–Trinajstić information content (AvgIpc) is 2.39. The molecular weight excluding hydrogens is 185 g/mol. The second kappa shape index (κ2) is 3.01. The highest BCUT2D eigenvalue weighted by Crippen LogP contribution is 2.14. The van der Waals surface area contributed by atoms with Gasteiger partial charge in [-0.1, -0.05) is 22.9 Å². The Labute approximate surface area is 79.7 Å². The number of hydrogen-bond donors (Lipinski definition) is 1. The number of aromatic nitrogens is 1. The zero-order valence-corrected chi connectivity index (χ0v) is 7.97. The van der Waals surface area contributed by atoms with Gasteiger partial charge in [-0.2, -0.15) is 0 Å². The highest BCUT2D eigenvalue weighted by Gasteiger charge is 2.05. The van der Waals surface area contributed by atoms with Crippen LogP contribution in [0.25, 0.3) is 10.2 Å². The molecule has 5 heteroatoms. The molecule has 2 rings (SSSR count). The Morgan fingerprint density at radius 3 is 3.00 bits per heavy atom. The van der Waals surface area contributed by atoms with Crippen LogP contribution in [0.1, 0.15) is 0 Å². The van der Waals surface area contributed by atoms with Crippen molar-refractivity contribution in [1.29, 1.82) is 0 Å². The first-order valence-corrected chi connectivity index (χ1v) is 4.75. The van der Waals surface area contributed by atoms with E-state index in [-0.39, 0.29) is 11.6 Å². The topological polar surface area (TPSA) is 42.2 Å². The molecular formula is C8H8BNO2S. The van der Waals surface area contributed by atoms with Crippen molar-refractivity contribution >= 4 is 34.9 Å². The Bertz CT molecular complexity index is 502. The zero-order chi connectivity index (χ0) is 9.42. The maximum atomic E-state index is 11.3. The standard InChI is InChI=1S/C8H8BNO2S/c9-5-1-2-6-7(3-5)13-8(12)10(6)4-11/h1-3,11H,4,9H2. The van der Waals surface area contributed by atoms with E-state index in [1.807, 2.05) is 26.0 Å². The fourth-order valence-corrected chi connectivity index (χ4v) is 2.29. The van der Waals surface area contributed by atoms with Crippen molar-refractivity contribution in [3.8, 4) is 0 Å². The predicted molar refractivity (Wildman–Crippen MR) is 56.5 cm³/mol. The van der Waals surface area contributed by atoms with Crippen molar-refractivity contribution in [2.45, 2.75) is 6.73 Å². The third-order valence-electron chi connectivity index (χ3n) is 1.97. The van der Waals surface area contributed by atoms with Crippen molar-refractivity contribution in [3.63, 3.8) is 0 Å². The summed E-state index contributed by atoms with van der Waals surface area (Å²) in [5.74, 6) is 0. The molecule has 1 aromatic heterocycles. The molecule has 0 aliphatic carbocycles. The molecule has 0 unspecified atom stereocenters. The Morgan fingerprint density at radius 2 is 2.31 bits per heavy atom. The third-order valence-corrected chi connectivity index (χ3v) is 2.91. The van der Waals surface area contributed by atoms with E-state index < -0.39 is 0 Å².